The molecule has 0 aromatic rings. The monoisotopic (exact) mass is 230 g/mol. The maximum absolute atomic E-state index is 10.8. The number of amides is 2. The van der Waals surface area contributed by atoms with Crippen molar-refractivity contribution >= 4 is 12.0 Å². The van der Waals surface area contributed by atoms with Gasteiger partial charge < -0.3 is 15.7 Å². The van der Waals surface area contributed by atoms with Gasteiger partial charge in [-0.25, -0.2) is 4.79 Å². The van der Waals surface area contributed by atoms with Gasteiger partial charge in [-0.3, -0.25) is 4.79 Å². The summed E-state index contributed by atoms with van der Waals surface area (Å²) in [6.45, 7) is 0.703. The molecule has 0 saturated heterocycles. The number of carbonyl (C=O) groups excluding carboxylic acids is 1. The normalized spacial score (nSPS) is 9.81. The van der Waals surface area contributed by atoms with Gasteiger partial charge in [-0.1, -0.05) is 25.7 Å². The summed E-state index contributed by atoms with van der Waals surface area (Å²) in [4.78, 5) is 21.0. The molecule has 0 spiro atoms. The minimum atomic E-state index is -0.713. The lowest BCUT2D eigenvalue weighted by molar-refractivity contribution is -0.137. The Labute approximate surface area is 96.6 Å². The van der Waals surface area contributed by atoms with Crippen molar-refractivity contribution in [3.05, 3.63) is 0 Å². The zero-order valence-electron chi connectivity index (χ0n) is 9.92. The van der Waals surface area contributed by atoms with E-state index in [9.17, 15) is 9.59 Å². The van der Waals surface area contributed by atoms with Gasteiger partial charge in [-0.2, -0.15) is 0 Å². The second kappa shape index (κ2) is 10.3. The number of carbonyl (C=O) groups is 2. The lowest BCUT2D eigenvalue weighted by Gasteiger charge is -2.03. The number of hydrogen-bond acceptors (Lipinski definition) is 2. The second-order valence-electron chi connectivity index (χ2n) is 3.77. The summed E-state index contributed by atoms with van der Waals surface area (Å²) in [6.07, 6.45) is 6.27. The predicted octanol–water partition coefficient (Wildman–Crippen LogP) is 1.73. The molecule has 94 valence electrons. The van der Waals surface area contributed by atoms with Crippen LogP contribution in [-0.2, 0) is 4.79 Å². The molecule has 0 radical (unpaired) electrons. The number of carboxylic acids is 1. The molecular weight excluding hydrogens is 208 g/mol. The Balaban J connectivity index is 3.04. The molecular formula is C11H22N2O3. The van der Waals surface area contributed by atoms with Gasteiger partial charge in [0.2, 0.25) is 0 Å². The molecule has 5 heteroatoms. The molecule has 0 aliphatic heterocycles. The number of carboxylic acid groups (broad SMARTS) is 1. The fourth-order valence-corrected chi connectivity index (χ4v) is 1.40. The first-order chi connectivity index (χ1) is 7.66. The topological polar surface area (TPSA) is 78.4 Å². The summed E-state index contributed by atoms with van der Waals surface area (Å²) < 4.78 is 0. The van der Waals surface area contributed by atoms with Gasteiger partial charge in [0.25, 0.3) is 0 Å². The minimum Gasteiger partial charge on any atom is -0.481 e. The van der Waals surface area contributed by atoms with E-state index >= 15 is 0 Å². The zero-order chi connectivity index (χ0) is 12.2. The van der Waals surface area contributed by atoms with Crippen LogP contribution in [0.4, 0.5) is 4.79 Å². The molecule has 2 amide bonds. The van der Waals surface area contributed by atoms with Crippen molar-refractivity contribution in [3.8, 4) is 0 Å². The van der Waals surface area contributed by atoms with Crippen molar-refractivity contribution in [1.29, 1.82) is 0 Å². The molecule has 0 unspecified atom stereocenters. The van der Waals surface area contributed by atoms with E-state index in [1.165, 1.54) is 0 Å². The van der Waals surface area contributed by atoms with Crippen LogP contribution in [0.2, 0.25) is 0 Å². The van der Waals surface area contributed by atoms with Crippen LogP contribution in [-0.4, -0.2) is 30.7 Å². The second-order valence-corrected chi connectivity index (χ2v) is 3.77. The average Bonchev–Trinajstić information content (AvgIpc) is 2.26. The van der Waals surface area contributed by atoms with Crippen LogP contribution in [0.1, 0.15) is 44.9 Å². The highest BCUT2D eigenvalue weighted by atomic mass is 16.4. The van der Waals surface area contributed by atoms with Crippen LogP contribution >= 0.6 is 0 Å². The van der Waals surface area contributed by atoms with Gasteiger partial charge in [0.15, 0.2) is 0 Å². The predicted molar refractivity (Wildman–Crippen MR) is 62.4 cm³/mol. The summed E-state index contributed by atoms with van der Waals surface area (Å²) in [5.74, 6) is -0.713. The maximum atomic E-state index is 10.8. The van der Waals surface area contributed by atoms with Crippen LogP contribution in [0.3, 0.4) is 0 Å². The van der Waals surface area contributed by atoms with Crippen LogP contribution in [0.5, 0.6) is 0 Å². The molecule has 0 rings (SSSR count). The van der Waals surface area contributed by atoms with Crippen molar-refractivity contribution in [2.45, 2.75) is 44.9 Å². The van der Waals surface area contributed by atoms with Crippen LogP contribution in [0, 0.1) is 0 Å². The smallest absolute Gasteiger partial charge is 0.314 e. The Morgan fingerprint density at radius 2 is 1.56 bits per heavy atom. The van der Waals surface area contributed by atoms with Gasteiger partial charge in [0, 0.05) is 20.0 Å². The summed E-state index contributed by atoms with van der Waals surface area (Å²) in [5, 5.41) is 13.6. The quantitative estimate of drug-likeness (QED) is 0.528. The minimum absolute atomic E-state index is 0.138. The standard InChI is InChI=1S/C11H22N2O3/c1-12-11(16)13-9-7-5-3-2-4-6-8-10(14)15/h2-9H2,1H3,(H,14,15)(H2,12,13,16). The summed E-state index contributed by atoms with van der Waals surface area (Å²) in [7, 11) is 1.60. The van der Waals surface area contributed by atoms with Crippen molar-refractivity contribution in [2.75, 3.05) is 13.6 Å². The molecule has 0 bridgehead atoms. The lowest BCUT2D eigenvalue weighted by atomic mass is 10.1. The number of unbranched alkanes of at least 4 members (excludes halogenated alkanes) is 5. The van der Waals surface area contributed by atoms with E-state index in [1.54, 1.807) is 7.05 Å². The van der Waals surface area contributed by atoms with Gasteiger partial charge in [0.1, 0.15) is 0 Å². The Bertz CT molecular complexity index is 207. The van der Waals surface area contributed by atoms with E-state index < -0.39 is 5.97 Å². The van der Waals surface area contributed by atoms with Gasteiger partial charge in [-0.15, -0.1) is 0 Å². The molecule has 0 saturated carbocycles. The molecule has 3 N–H and O–H groups in total. The molecule has 0 aliphatic carbocycles. The Kier molecular flexibility index (Phi) is 9.46. The molecule has 5 nitrogen and oxygen atoms in total. The number of nitrogens with one attached hydrogen (secondary N) is 2. The third-order valence-electron chi connectivity index (χ3n) is 2.33. The van der Waals surface area contributed by atoms with Crippen LogP contribution < -0.4 is 10.6 Å². The maximum Gasteiger partial charge on any atom is 0.314 e. The molecule has 0 aliphatic rings. The first-order valence-corrected chi connectivity index (χ1v) is 5.84. The highest BCUT2D eigenvalue weighted by Gasteiger charge is 1.97. The fourth-order valence-electron chi connectivity index (χ4n) is 1.40. The van der Waals surface area contributed by atoms with E-state index in [0.29, 0.717) is 6.54 Å². The Morgan fingerprint density at radius 1 is 1.00 bits per heavy atom. The molecule has 0 aromatic carbocycles. The summed E-state index contributed by atoms with van der Waals surface area (Å²) in [6, 6.07) is -0.138. The summed E-state index contributed by atoms with van der Waals surface area (Å²) in [5.41, 5.74) is 0. The number of rotatable bonds is 9. The molecule has 0 heterocycles. The lowest BCUT2D eigenvalue weighted by Crippen LogP contribution is -2.33. The third-order valence-corrected chi connectivity index (χ3v) is 2.33. The van der Waals surface area contributed by atoms with E-state index in [2.05, 4.69) is 10.6 Å². The van der Waals surface area contributed by atoms with Crippen molar-refractivity contribution in [2.24, 2.45) is 0 Å². The number of urea groups is 1. The molecule has 0 atom stereocenters. The zero-order valence-corrected chi connectivity index (χ0v) is 9.92. The highest BCUT2D eigenvalue weighted by molar-refractivity contribution is 5.73. The van der Waals surface area contributed by atoms with Gasteiger partial charge >= 0.3 is 12.0 Å². The first-order valence-electron chi connectivity index (χ1n) is 5.84. The van der Waals surface area contributed by atoms with E-state index in [0.717, 1.165) is 38.5 Å². The third kappa shape index (κ3) is 10.8. The van der Waals surface area contributed by atoms with Crippen LogP contribution in [0.15, 0.2) is 0 Å². The largest absolute Gasteiger partial charge is 0.481 e. The number of aliphatic carboxylic acids is 1. The van der Waals surface area contributed by atoms with Gasteiger partial charge in [0.05, 0.1) is 0 Å². The van der Waals surface area contributed by atoms with Crippen molar-refractivity contribution in [3.63, 3.8) is 0 Å². The fraction of sp³-hybridized carbons (Fsp3) is 0.818. The molecule has 16 heavy (non-hydrogen) atoms. The average molecular weight is 230 g/mol. The Morgan fingerprint density at radius 3 is 2.12 bits per heavy atom. The van der Waals surface area contributed by atoms with E-state index in [1.807, 2.05) is 0 Å². The van der Waals surface area contributed by atoms with Gasteiger partial charge in [-0.05, 0) is 12.8 Å². The van der Waals surface area contributed by atoms with Crippen LogP contribution in [0.25, 0.3) is 0 Å². The highest BCUT2D eigenvalue weighted by Crippen LogP contribution is 2.06. The molecule has 0 aromatic heterocycles. The number of hydrogen-bond donors (Lipinski definition) is 3. The SMILES string of the molecule is CNC(=O)NCCCCCCCCC(=O)O. The van der Waals surface area contributed by atoms with E-state index in [4.69, 9.17) is 5.11 Å². The van der Waals surface area contributed by atoms with Crippen molar-refractivity contribution in [1.82, 2.24) is 10.6 Å². The first kappa shape index (κ1) is 14.7. The van der Waals surface area contributed by atoms with E-state index in [-0.39, 0.29) is 12.5 Å². The Hall–Kier alpha value is -1.26. The van der Waals surface area contributed by atoms with Crippen molar-refractivity contribution < 1.29 is 14.7 Å². The molecule has 0 fully saturated rings. The summed E-state index contributed by atoms with van der Waals surface area (Å²) >= 11 is 0.